The Morgan fingerprint density at radius 1 is 1.50 bits per heavy atom. The van der Waals surface area contributed by atoms with Gasteiger partial charge in [0.25, 0.3) is 0 Å². The lowest BCUT2D eigenvalue weighted by Gasteiger charge is -2.26. The molecule has 1 saturated heterocycles. The number of thioether (sulfide) groups is 1. The third-order valence-corrected chi connectivity index (χ3v) is 4.31. The van der Waals surface area contributed by atoms with E-state index in [4.69, 9.17) is 0 Å². The van der Waals surface area contributed by atoms with Crippen LogP contribution in [-0.2, 0) is 15.1 Å². The maximum Gasteiger partial charge on any atom is 0.228 e. The van der Waals surface area contributed by atoms with Gasteiger partial charge in [-0.1, -0.05) is 11.8 Å². The van der Waals surface area contributed by atoms with Crippen LogP contribution in [0.25, 0.3) is 0 Å². The second-order valence-corrected chi connectivity index (χ2v) is 7.35. The summed E-state index contributed by atoms with van der Waals surface area (Å²) < 4.78 is 1.88. The zero-order valence-corrected chi connectivity index (χ0v) is 13.2. The molecule has 1 unspecified atom stereocenters. The number of hydrogen-bond acceptors (Lipinski definition) is 4. The third kappa shape index (κ3) is 3.23. The Morgan fingerprint density at radius 2 is 2.20 bits per heavy atom. The Morgan fingerprint density at radius 3 is 2.80 bits per heavy atom. The normalized spacial score (nSPS) is 19.7. The van der Waals surface area contributed by atoms with Crippen molar-refractivity contribution in [3.63, 3.8) is 0 Å². The number of aromatic nitrogens is 2. The van der Waals surface area contributed by atoms with Crippen molar-refractivity contribution in [2.24, 2.45) is 5.92 Å². The summed E-state index contributed by atoms with van der Waals surface area (Å²) >= 11 is 1.30. The highest BCUT2D eigenvalue weighted by molar-refractivity contribution is 8.13. The van der Waals surface area contributed by atoms with E-state index < -0.39 is 0 Å². The molecule has 0 radical (unpaired) electrons. The fourth-order valence-corrected chi connectivity index (χ4v) is 3.06. The quantitative estimate of drug-likeness (QED) is 0.858. The van der Waals surface area contributed by atoms with Gasteiger partial charge in [-0.3, -0.25) is 14.5 Å². The average molecular weight is 295 g/mol. The maximum atomic E-state index is 12.2. The Bertz CT molecular complexity index is 519. The highest BCUT2D eigenvalue weighted by atomic mass is 32.2. The van der Waals surface area contributed by atoms with Crippen LogP contribution in [0, 0.1) is 5.92 Å². The van der Waals surface area contributed by atoms with Gasteiger partial charge in [-0.05, 0) is 26.7 Å². The van der Waals surface area contributed by atoms with Gasteiger partial charge in [0.1, 0.15) is 5.82 Å². The number of anilines is 1. The number of amides is 1. The van der Waals surface area contributed by atoms with Gasteiger partial charge in [0, 0.05) is 31.7 Å². The molecule has 1 amide bonds. The van der Waals surface area contributed by atoms with Gasteiger partial charge in [-0.2, -0.15) is 5.10 Å². The Kier molecular flexibility index (Phi) is 4.22. The first-order chi connectivity index (χ1) is 9.29. The molecule has 0 bridgehead atoms. The first kappa shape index (κ1) is 15.1. The second-order valence-electron chi connectivity index (χ2n) is 6.15. The molecule has 1 aliphatic rings. The zero-order chi connectivity index (χ0) is 14.9. The molecule has 1 fully saturated rings. The number of nitrogens with zero attached hydrogens (tertiary/aromatic N) is 3. The fourth-order valence-electron chi connectivity index (χ4n) is 2.37. The predicted molar refractivity (Wildman–Crippen MR) is 80.8 cm³/mol. The SMILES string of the molecule is CC(=O)SCC1CC(=O)N(c2ccnn2C(C)(C)C)C1. The first-order valence-electron chi connectivity index (χ1n) is 6.77. The fraction of sp³-hybridized carbons (Fsp3) is 0.643. The lowest BCUT2D eigenvalue weighted by atomic mass is 10.1. The van der Waals surface area contributed by atoms with Crippen molar-refractivity contribution < 1.29 is 9.59 Å². The van der Waals surface area contributed by atoms with Gasteiger partial charge in [-0.25, -0.2) is 4.68 Å². The van der Waals surface area contributed by atoms with Crippen molar-refractivity contribution in [2.45, 2.75) is 39.7 Å². The molecule has 0 aromatic carbocycles. The van der Waals surface area contributed by atoms with E-state index in [0.717, 1.165) is 5.82 Å². The van der Waals surface area contributed by atoms with Crippen LogP contribution in [0.2, 0.25) is 0 Å². The van der Waals surface area contributed by atoms with Gasteiger partial charge in [-0.15, -0.1) is 0 Å². The van der Waals surface area contributed by atoms with Crippen LogP contribution in [0.1, 0.15) is 34.1 Å². The second kappa shape index (κ2) is 5.60. The van der Waals surface area contributed by atoms with Crippen LogP contribution in [0.5, 0.6) is 0 Å². The molecule has 2 heterocycles. The molecule has 1 atom stereocenters. The molecular formula is C14H21N3O2S. The van der Waals surface area contributed by atoms with E-state index in [1.165, 1.54) is 11.8 Å². The van der Waals surface area contributed by atoms with Gasteiger partial charge in [0.05, 0.1) is 11.7 Å². The van der Waals surface area contributed by atoms with Crippen molar-refractivity contribution in [3.05, 3.63) is 12.3 Å². The molecule has 0 N–H and O–H groups in total. The molecule has 2 rings (SSSR count). The van der Waals surface area contributed by atoms with E-state index in [0.29, 0.717) is 18.7 Å². The molecule has 1 aromatic rings. The van der Waals surface area contributed by atoms with Crippen LogP contribution in [-0.4, -0.2) is 33.1 Å². The van der Waals surface area contributed by atoms with Crippen LogP contribution in [0.15, 0.2) is 12.3 Å². The molecule has 110 valence electrons. The molecule has 20 heavy (non-hydrogen) atoms. The van der Waals surface area contributed by atoms with Gasteiger partial charge < -0.3 is 0 Å². The van der Waals surface area contributed by atoms with E-state index in [-0.39, 0.29) is 22.5 Å². The standard InChI is InChI=1S/C14H21N3O2S/c1-10(18)20-9-11-7-13(19)16(8-11)12-5-6-15-17(12)14(2,3)4/h5-6,11H,7-9H2,1-4H3. The number of hydrogen-bond donors (Lipinski definition) is 0. The molecule has 0 spiro atoms. The molecule has 6 heteroatoms. The summed E-state index contributed by atoms with van der Waals surface area (Å²) in [5, 5.41) is 4.44. The summed E-state index contributed by atoms with van der Waals surface area (Å²) in [4.78, 5) is 25.0. The number of carbonyl (C=O) groups is 2. The minimum atomic E-state index is -0.161. The number of carbonyl (C=O) groups excluding carboxylic acids is 2. The smallest absolute Gasteiger partial charge is 0.228 e. The van der Waals surface area contributed by atoms with Crippen molar-refractivity contribution >= 4 is 28.6 Å². The van der Waals surface area contributed by atoms with E-state index in [2.05, 4.69) is 25.9 Å². The highest BCUT2D eigenvalue weighted by Gasteiger charge is 2.33. The summed E-state index contributed by atoms with van der Waals surface area (Å²) in [5.74, 6) is 1.91. The van der Waals surface area contributed by atoms with Crippen LogP contribution in [0.4, 0.5) is 5.82 Å². The van der Waals surface area contributed by atoms with Crippen LogP contribution in [0.3, 0.4) is 0 Å². The third-order valence-electron chi connectivity index (χ3n) is 3.26. The predicted octanol–water partition coefficient (Wildman–Crippen LogP) is 2.27. The lowest BCUT2D eigenvalue weighted by molar-refractivity contribution is -0.117. The molecule has 0 aliphatic carbocycles. The number of rotatable bonds is 3. The Hall–Kier alpha value is -1.30. The van der Waals surface area contributed by atoms with Gasteiger partial charge >= 0.3 is 0 Å². The summed E-state index contributed by atoms with van der Waals surface area (Å²) in [6, 6.07) is 1.88. The maximum absolute atomic E-state index is 12.2. The minimum Gasteiger partial charge on any atom is -0.297 e. The molecule has 5 nitrogen and oxygen atoms in total. The largest absolute Gasteiger partial charge is 0.297 e. The van der Waals surface area contributed by atoms with Crippen molar-refractivity contribution in [2.75, 3.05) is 17.2 Å². The monoisotopic (exact) mass is 295 g/mol. The lowest BCUT2D eigenvalue weighted by Crippen LogP contribution is -2.32. The molecule has 1 aliphatic heterocycles. The average Bonchev–Trinajstić information content (AvgIpc) is 2.91. The zero-order valence-electron chi connectivity index (χ0n) is 12.4. The van der Waals surface area contributed by atoms with Gasteiger partial charge in [0.2, 0.25) is 5.91 Å². The summed E-state index contributed by atoms with van der Waals surface area (Å²) in [6.45, 7) is 8.42. The summed E-state index contributed by atoms with van der Waals surface area (Å²) in [5.41, 5.74) is -0.161. The Balaban J connectivity index is 2.12. The van der Waals surface area contributed by atoms with Crippen LogP contribution >= 0.6 is 11.8 Å². The van der Waals surface area contributed by atoms with Crippen molar-refractivity contribution in [1.29, 1.82) is 0 Å². The van der Waals surface area contributed by atoms with Crippen molar-refractivity contribution in [3.8, 4) is 0 Å². The van der Waals surface area contributed by atoms with E-state index >= 15 is 0 Å². The Labute approximate surface area is 123 Å². The molecular weight excluding hydrogens is 274 g/mol. The van der Waals surface area contributed by atoms with Crippen molar-refractivity contribution in [1.82, 2.24) is 9.78 Å². The minimum absolute atomic E-state index is 0.107. The van der Waals surface area contributed by atoms with Gasteiger partial charge in [0.15, 0.2) is 5.12 Å². The van der Waals surface area contributed by atoms with E-state index in [9.17, 15) is 9.59 Å². The molecule has 0 saturated carbocycles. The van der Waals surface area contributed by atoms with E-state index in [1.54, 1.807) is 18.0 Å². The highest BCUT2D eigenvalue weighted by Crippen LogP contribution is 2.30. The topological polar surface area (TPSA) is 55.2 Å². The van der Waals surface area contributed by atoms with E-state index in [1.807, 2.05) is 10.7 Å². The molecule has 1 aromatic heterocycles. The first-order valence-corrected chi connectivity index (χ1v) is 7.76. The van der Waals surface area contributed by atoms with Crippen LogP contribution < -0.4 is 4.90 Å². The summed E-state index contributed by atoms with van der Waals surface area (Å²) in [6.07, 6.45) is 2.24. The summed E-state index contributed by atoms with van der Waals surface area (Å²) in [7, 11) is 0.